The van der Waals surface area contributed by atoms with Crippen molar-refractivity contribution in [1.82, 2.24) is 15.0 Å². The normalized spacial score (nSPS) is 10.0. The molecule has 0 bridgehead atoms. The molecule has 2 aromatic rings. The summed E-state index contributed by atoms with van der Waals surface area (Å²) >= 11 is 0. The SMILES string of the molecule is COc1cc(C)nc(NC(=O)c2cc[nH]c(=O)c2)n1. The Morgan fingerprint density at radius 3 is 2.84 bits per heavy atom. The molecule has 0 saturated heterocycles. The van der Waals surface area contributed by atoms with E-state index in [4.69, 9.17) is 4.74 Å². The second-order valence-corrected chi connectivity index (χ2v) is 3.77. The van der Waals surface area contributed by atoms with Crippen LogP contribution in [0.3, 0.4) is 0 Å². The fourth-order valence-electron chi connectivity index (χ4n) is 1.46. The molecule has 98 valence electrons. The predicted octanol–water partition coefficient (Wildman–Crippen LogP) is 0.734. The Kier molecular flexibility index (Phi) is 3.56. The first kappa shape index (κ1) is 12.7. The van der Waals surface area contributed by atoms with Gasteiger partial charge in [0.1, 0.15) is 0 Å². The van der Waals surface area contributed by atoms with Crippen LogP contribution >= 0.6 is 0 Å². The van der Waals surface area contributed by atoms with E-state index < -0.39 is 5.91 Å². The van der Waals surface area contributed by atoms with Gasteiger partial charge in [0.25, 0.3) is 5.91 Å². The maximum absolute atomic E-state index is 11.9. The number of amides is 1. The highest BCUT2D eigenvalue weighted by Gasteiger charge is 2.09. The van der Waals surface area contributed by atoms with Crippen LogP contribution in [0.1, 0.15) is 16.1 Å². The number of nitrogens with zero attached hydrogens (tertiary/aromatic N) is 2. The van der Waals surface area contributed by atoms with Gasteiger partial charge >= 0.3 is 0 Å². The summed E-state index contributed by atoms with van der Waals surface area (Å²) in [4.78, 5) is 33.5. The van der Waals surface area contributed by atoms with Gasteiger partial charge in [-0.15, -0.1) is 0 Å². The van der Waals surface area contributed by atoms with E-state index in [9.17, 15) is 9.59 Å². The lowest BCUT2D eigenvalue weighted by Gasteiger charge is -2.06. The molecule has 19 heavy (non-hydrogen) atoms. The van der Waals surface area contributed by atoms with E-state index in [0.717, 1.165) is 0 Å². The Morgan fingerprint density at radius 2 is 2.16 bits per heavy atom. The average Bonchev–Trinajstić information content (AvgIpc) is 2.38. The molecule has 0 fully saturated rings. The van der Waals surface area contributed by atoms with E-state index >= 15 is 0 Å². The summed E-state index contributed by atoms with van der Waals surface area (Å²) in [6.07, 6.45) is 1.40. The van der Waals surface area contributed by atoms with E-state index in [-0.39, 0.29) is 17.1 Å². The van der Waals surface area contributed by atoms with Crippen molar-refractivity contribution in [3.05, 3.63) is 46.0 Å². The van der Waals surface area contributed by atoms with E-state index in [2.05, 4.69) is 20.3 Å². The maximum Gasteiger partial charge on any atom is 0.258 e. The molecule has 1 amide bonds. The molecular weight excluding hydrogens is 248 g/mol. The number of H-pyrrole nitrogens is 1. The Labute approximate surface area is 108 Å². The second-order valence-electron chi connectivity index (χ2n) is 3.77. The predicted molar refractivity (Wildman–Crippen MR) is 68.3 cm³/mol. The van der Waals surface area contributed by atoms with Gasteiger partial charge in [-0.1, -0.05) is 0 Å². The number of carbonyl (C=O) groups is 1. The van der Waals surface area contributed by atoms with Crippen molar-refractivity contribution in [3.63, 3.8) is 0 Å². The van der Waals surface area contributed by atoms with Crippen LogP contribution in [0.5, 0.6) is 5.88 Å². The van der Waals surface area contributed by atoms with Crippen LogP contribution in [0.25, 0.3) is 0 Å². The fourth-order valence-corrected chi connectivity index (χ4v) is 1.46. The van der Waals surface area contributed by atoms with E-state index in [1.54, 1.807) is 13.0 Å². The van der Waals surface area contributed by atoms with Crippen molar-refractivity contribution in [2.24, 2.45) is 0 Å². The molecule has 0 aliphatic carbocycles. The van der Waals surface area contributed by atoms with Crippen molar-refractivity contribution >= 4 is 11.9 Å². The molecule has 0 aliphatic heterocycles. The number of carbonyl (C=O) groups excluding carboxylic acids is 1. The number of methoxy groups -OCH3 is 1. The summed E-state index contributed by atoms with van der Waals surface area (Å²) in [5, 5.41) is 2.51. The van der Waals surface area contributed by atoms with Crippen molar-refractivity contribution in [2.75, 3.05) is 12.4 Å². The van der Waals surface area contributed by atoms with Gasteiger partial charge in [0.15, 0.2) is 0 Å². The zero-order valence-electron chi connectivity index (χ0n) is 10.4. The molecule has 0 spiro atoms. The van der Waals surface area contributed by atoms with Crippen LogP contribution in [-0.4, -0.2) is 28.0 Å². The number of aromatic nitrogens is 3. The largest absolute Gasteiger partial charge is 0.481 e. The first-order chi connectivity index (χ1) is 9.08. The van der Waals surface area contributed by atoms with E-state index in [1.807, 2.05) is 0 Å². The van der Waals surface area contributed by atoms with Crippen molar-refractivity contribution in [1.29, 1.82) is 0 Å². The molecule has 0 aromatic carbocycles. The highest BCUT2D eigenvalue weighted by Crippen LogP contribution is 2.11. The number of pyridine rings is 1. The van der Waals surface area contributed by atoms with Crippen LogP contribution in [0.2, 0.25) is 0 Å². The van der Waals surface area contributed by atoms with Gasteiger partial charge in [-0.25, -0.2) is 4.98 Å². The lowest BCUT2D eigenvalue weighted by molar-refractivity contribution is 0.102. The molecule has 2 heterocycles. The van der Waals surface area contributed by atoms with Crippen molar-refractivity contribution in [3.8, 4) is 5.88 Å². The highest BCUT2D eigenvalue weighted by molar-refractivity contribution is 6.03. The monoisotopic (exact) mass is 260 g/mol. The number of hydrogen-bond donors (Lipinski definition) is 2. The molecule has 0 saturated carbocycles. The number of ether oxygens (including phenoxy) is 1. The Balaban J connectivity index is 2.24. The summed E-state index contributed by atoms with van der Waals surface area (Å²) in [5.41, 5.74) is 0.538. The molecular formula is C12H12N4O3. The number of aryl methyl sites for hydroxylation is 1. The molecule has 2 rings (SSSR count). The van der Waals surface area contributed by atoms with Gasteiger partial charge in [-0.05, 0) is 13.0 Å². The molecule has 0 radical (unpaired) electrons. The van der Waals surface area contributed by atoms with Gasteiger partial charge in [-0.2, -0.15) is 4.98 Å². The topological polar surface area (TPSA) is 97.0 Å². The number of anilines is 1. The maximum atomic E-state index is 11.9. The minimum atomic E-state index is -0.459. The summed E-state index contributed by atoms with van der Waals surface area (Å²) < 4.78 is 4.98. The van der Waals surface area contributed by atoms with E-state index in [1.165, 1.54) is 25.4 Å². The minimum absolute atomic E-state index is 0.127. The van der Waals surface area contributed by atoms with Crippen LogP contribution < -0.4 is 15.6 Å². The van der Waals surface area contributed by atoms with E-state index in [0.29, 0.717) is 11.6 Å². The highest BCUT2D eigenvalue weighted by atomic mass is 16.5. The van der Waals surface area contributed by atoms with Gasteiger partial charge in [0.05, 0.1) is 7.11 Å². The van der Waals surface area contributed by atoms with Crippen LogP contribution in [0, 0.1) is 6.92 Å². The zero-order valence-corrected chi connectivity index (χ0v) is 10.4. The number of rotatable bonds is 3. The number of nitrogens with one attached hydrogen (secondary N) is 2. The molecule has 0 aliphatic rings. The Hall–Kier alpha value is -2.70. The molecule has 7 nitrogen and oxygen atoms in total. The zero-order chi connectivity index (χ0) is 13.8. The van der Waals surface area contributed by atoms with Crippen LogP contribution in [0.4, 0.5) is 5.95 Å². The average molecular weight is 260 g/mol. The first-order valence-corrected chi connectivity index (χ1v) is 5.48. The summed E-state index contributed by atoms with van der Waals surface area (Å²) in [5.74, 6) is 0.0228. The molecule has 2 aromatic heterocycles. The summed E-state index contributed by atoms with van der Waals surface area (Å²) in [6, 6.07) is 4.33. The lowest BCUT2D eigenvalue weighted by atomic mass is 10.2. The van der Waals surface area contributed by atoms with Gasteiger partial charge in [0, 0.05) is 29.6 Å². The lowest BCUT2D eigenvalue weighted by Crippen LogP contribution is -2.17. The van der Waals surface area contributed by atoms with Gasteiger partial charge in [-0.3, -0.25) is 14.9 Å². The molecule has 2 N–H and O–H groups in total. The third-order valence-corrected chi connectivity index (χ3v) is 2.30. The third-order valence-electron chi connectivity index (χ3n) is 2.30. The quantitative estimate of drug-likeness (QED) is 0.848. The molecule has 0 unspecified atom stereocenters. The van der Waals surface area contributed by atoms with Crippen LogP contribution in [-0.2, 0) is 0 Å². The number of aromatic amines is 1. The molecule has 0 atom stereocenters. The fraction of sp³-hybridized carbons (Fsp3) is 0.167. The standard InChI is InChI=1S/C12H12N4O3/c1-7-5-10(19-2)15-12(14-7)16-11(18)8-3-4-13-9(17)6-8/h3-6H,1-2H3,(H,13,17)(H,14,15,16,18). The van der Waals surface area contributed by atoms with Crippen molar-refractivity contribution < 1.29 is 9.53 Å². The summed E-state index contributed by atoms with van der Waals surface area (Å²) in [6.45, 7) is 1.76. The summed E-state index contributed by atoms with van der Waals surface area (Å²) in [7, 11) is 1.48. The minimum Gasteiger partial charge on any atom is -0.481 e. The third kappa shape index (κ3) is 3.15. The Morgan fingerprint density at radius 1 is 1.37 bits per heavy atom. The van der Waals surface area contributed by atoms with Gasteiger partial charge < -0.3 is 9.72 Å². The Bertz CT molecular complexity index is 666. The van der Waals surface area contributed by atoms with Crippen molar-refractivity contribution in [2.45, 2.75) is 6.92 Å². The molecule has 7 heteroatoms. The first-order valence-electron chi connectivity index (χ1n) is 5.48. The second kappa shape index (κ2) is 5.30. The van der Waals surface area contributed by atoms with Crippen LogP contribution in [0.15, 0.2) is 29.2 Å². The smallest absolute Gasteiger partial charge is 0.258 e. The number of hydrogen-bond acceptors (Lipinski definition) is 5. The van der Waals surface area contributed by atoms with Gasteiger partial charge in [0.2, 0.25) is 17.4 Å².